The molecule has 0 radical (unpaired) electrons. The number of benzene rings is 1. The summed E-state index contributed by atoms with van der Waals surface area (Å²) in [5.74, 6) is 0. The molecule has 1 aromatic rings. The smallest absolute Gasteiger partial charge is 0.0353 e. The largest absolute Gasteiger partial charge is 0.398 e. The maximum atomic E-state index is 5.66. The molecule has 0 aromatic heterocycles. The van der Waals surface area contributed by atoms with E-state index in [4.69, 9.17) is 5.73 Å². The summed E-state index contributed by atoms with van der Waals surface area (Å²) in [6, 6.07) is 6.02. The van der Waals surface area contributed by atoms with Gasteiger partial charge in [0.15, 0.2) is 0 Å². The minimum absolute atomic E-state index is 0.855. The van der Waals surface area contributed by atoms with Gasteiger partial charge in [0.05, 0.1) is 0 Å². The second-order valence-corrected chi connectivity index (χ2v) is 3.03. The van der Waals surface area contributed by atoms with Crippen molar-refractivity contribution in [3.63, 3.8) is 0 Å². The maximum absolute atomic E-state index is 5.66. The molecule has 0 aliphatic rings. The number of hydrogen-bond donors (Lipinski definition) is 1. The summed E-state index contributed by atoms with van der Waals surface area (Å²) in [6.45, 7) is 2.00. The first-order valence-corrected chi connectivity index (χ1v) is 4.15. The predicted molar refractivity (Wildman–Crippen MR) is 49.3 cm³/mol. The molecular weight excluding hydrogens is 141 g/mol. The van der Waals surface area contributed by atoms with E-state index < -0.39 is 0 Å². The van der Waals surface area contributed by atoms with Crippen LogP contribution in [-0.4, -0.2) is 6.30 Å². The van der Waals surface area contributed by atoms with Crippen LogP contribution in [0.25, 0.3) is 0 Å². The Bertz CT molecular complexity index is 255. The summed E-state index contributed by atoms with van der Waals surface area (Å²) in [4.78, 5) is 0. The SMILES string of the molecule is C=Pc1ccc(C)c(N)c1. The summed E-state index contributed by atoms with van der Waals surface area (Å²) in [6.07, 6.45) is 3.74. The van der Waals surface area contributed by atoms with Crippen LogP contribution < -0.4 is 11.0 Å². The van der Waals surface area contributed by atoms with Crippen molar-refractivity contribution in [1.82, 2.24) is 0 Å². The highest BCUT2D eigenvalue weighted by atomic mass is 31.1. The van der Waals surface area contributed by atoms with Crippen LogP contribution >= 0.6 is 8.20 Å². The summed E-state index contributed by atoms with van der Waals surface area (Å²) in [5, 5.41) is 1.17. The number of rotatable bonds is 1. The van der Waals surface area contributed by atoms with E-state index in [9.17, 15) is 0 Å². The highest BCUT2D eigenvalue weighted by molar-refractivity contribution is 7.45. The van der Waals surface area contributed by atoms with Gasteiger partial charge in [-0.15, -0.1) is 0 Å². The van der Waals surface area contributed by atoms with Crippen molar-refractivity contribution in [2.24, 2.45) is 0 Å². The normalized spacial score (nSPS) is 10.1. The minimum Gasteiger partial charge on any atom is -0.398 e. The zero-order chi connectivity index (χ0) is 7.56. The molecule has 0 heterocycles. The van der Waals surface area contributed by atoms with Gasteiger partial charge in [0.1, 0.15) is 0 Å². The van der Waals surface area contributed by atoms with Gasteiger partial charge in [0.2, 0.25) is 0 Å². The Kier molecular flexibility index (Phi) is 2.08. The van der Waals surface area contributed by atoms with Gasteiger partial charge in [0, 0.05) is 11.0 Å². The lowest BCUT2D eigenvalue weighted by molar-refractivity contribution is 1.49. The van der Waals surface area contributed by atoms with Gasteiger partial charge in [-0.1, -0.05) is 20.6 Å². The van der Waals surface area contributed by atoms with Gasteiger partial charge in [-0.25, -0.2) is 0 Å². The van der Waals surface area contributed by atoms with Crippen molar-refractivity contribution in [3.8, 4) is 0 Å². The van der Waals surface area contributed by atoms with E-state index in [1.165, 1.54) is 5.30 Å². The van der Waals surface area contributed by atoms with Crippen LogP contribution in [0.2, 0.25) is 0 Å². The fraction of sp³-hybridized carbons (Fsp3) is 0.125. The van der Waals surface area contributed by atoms with Crippen molar-refractivity contribution in [2.45, 2.75) is 6.92 Å². The third kappa shape index (κ3) is 1.37. The zero-order valence-corrected chi connectivity index (χ0v) is 6.86. The quantitative estimate of drug-likeness (QED) is 0.478. The fourth-order valence-electron chi connectivity index (χ4n) is 0.726. The van der Waals surface area contributed by atoms with Crippen LogP contribution in [0.15, 0.2) is 18.2 Å². The summed E-state index contributed by atoms with van der Waals surface area (Å²) in [7, 11) is 1.03. The average Bonchev–Trinajstić information content (AvgIpc) is 1.95. The van der Waals surface area contributed by atoms with Crippen LogP contribution in [0.1, 0.15) is 5.56 Å². The molecule has 0 bridgehead atoms. The van der Waals surface area contributed by atoms with Crippen molar-refractivity contribution >= 4 is 25.5 Å². The number of hydrogen-bond acceptors (Lipinski definition) is 1. The number of nitrogen functional groups attached to an aromatic ring is 1. The molecule has 0 aliphatic heterocycles. The number of aryl methyl sites for hydroxylation is 1. The molecule has 0 unspecified atom stereocenters. The minimum atomic E-state index is 0.855. The summed E-state index contributed by atoms with van der Waals surface area (Å²) < 4.78 is 0. The van der Waals surface area contributed by atoms with Crippen LogP contribution in [0.5, 0.6) is 0 Å². The Morgan fingerprint density at radius 1 is 1.50 bits per heavy atom. The Labute approximate surface area is 62.7 Å². The molecule has 0 atom stereocenters. The van der Waals surface area contributed by atoms with Gasteiger partial charge >= 0.3 is 0 Å². The van der Waals surface area contributed by atoms with Gasteiger partial charge < -0.3 is 5.73 Å². The maximum Gasteiger partial charge on any atom is 0.0353 e. The Hall–Kier alpha value is -0.810. The topological polar surface area (TPSA) is 26.0 Å². The first-order chi connectivity index (χ1) is 4.74. The second kappa shape index (κ2) is 2.85. The zero-order valence-electron chi connectivity index (χ0n) is 5.96. The monoisotopic (exact) mass is 151 g/mol. The molecule has 0 saturated carbocycles. The Balaban J connectivity index is 3.16. The first-order valence-electron chi connectivity index (χ1n) is 3.07. The van der Waals surface area contributed by atoms with E-state index in [1.54, 1.807) is 0 Å². The molecule has 2 heteroatoms. The number of nitrogens with two attached hydrogens (primary N) is 1. The first kappa shape index (κ1) is 7.30. The van der Waals surface area contributed by atoms with Crippen molar-refractivity contribution in [1.29, 1.82) is 0 Å². The fourth-order valence-corrected chi connectivity index (χ4v) is 1.14. The van der Waals surface area contributed by atoms with Crippen LogP contribution in [0, 0.1) is 6.92 Å². The highest BCUT2D eigenvalue weighted by Crippen LogP contribution is 2.08. The van der Waals surface area contributed by atoms with Crippen LogP contribution in [0.3, 0.4) is 0 Å². The van der Waals surface area contributed by atoms with E-state index >= 15 is 0 Å². The van der Waals surface area contributed by atoms with E-state index in [2.05, 4.69) is 6.30 Å². The highest BCUT2D eigenvalue weighted by Gasteiger charge is 1.91. The standard InChI is InChI=1S/C8H10NP/c1-6-3-4-7(10-2)5-8(6)9/h3-5H,2,9H2,1H3. The van der Waals surface area contributed by atoms with E-state index in [-0.39, 0.29) is 0 Å². The summed E-state index contributed by atoms with van der Waals surface area (Å²) in [5.41, 5.74) is 7.65. The third-order valence-electron chi connectivity index (χ3n) is 1.45. The molecule has 0 saturated heterocycles. The van der Waals surface area contributed by atoms with E-state index in [0.717, 1.165) is 19.5 Å². The lowest BCUT2D eigenvalue weighted by atomic mass is 10.2. The third-order valence-corrected chi connectivity index (χ3v) is 2.09. The average molecular weight is 151 g/mol. The molecule has 1 aromatic carbocycles. The molecule has 1 rings (SSSR count). The van der Waals surface area contributed by atoms with Gasteiger partial charge in [-0.05, 0) is 24.6 Å². The van der Waals surface area contributed by atoms with Crippen molar-refractivity contribution in [2.75, 3.05) is 5.73 Å². The molecule has 0 spiro atoms. The molecular formula is C8H10NP. The Morgan fingerprint density at radius 2 is 2.20 bits per heavy atom. The van der Waals surface area contributed by atoms with Crippen molar-refractivity contribution in [3.05, 3.63) is 23.8 Å². The van der Waals surface area contributed by atoms with Crippen molar-refractivity contribution < 1.29 is 0 Å². The molecule has 0 aliphatic carbocycles. The second-order valence-electron chi connectivity index (χ2n) is 2.20. The van der Waals surface area contributed by atoms with Crippen LogP contribution in [0.4, 0.5) is 5.69 Å². The molecule has 52 valence electrons. The molecule has 10 heavy (non-hydrogen) atoms. The molecule has 0 amide bonds. The summed E-state index contributed by atoms with van der Waals surface area (Å²) >= 11 is 0. The number of anilines is 1. The predicted octanol–water partition coefficient (Wildman–Crippen LogP) is 1.58. The lowest BCUT2D eigenvalue weighted by Crippen LogP contribution is -1.96. The van der Waals surface area contributed by atoms with Gasteiger partial charge in [-0.3, -0.25) is 0 Å². The molecule has 0 fully saturated rings. The van der Waals surface area contributed by atoms with E-state index in [1.807, 2.05) is 25.1 Å². The van der Waals surface area contributed by atoms with E-state index in [0.29, 0.717) is 0 Å². The Morgan fingerprint density at radius 3 is 2.70 bits per heavy atom. The lowest BCUT2D eigenvalue weighted by Gasteiger charge is -1.98. The van der Waals surface area contributed by atoms with Crippen LogP contribution in [-0.2, 0) is 0 Å². The van der Waals surface area contributed by atoms with Gasteiger partial charge in [0.25, 0.3) is 0 Å². The molecule has 2 N–H and O–H groups in total. The van der Waals surface area contributed by atoms with Gasteiger partial charge in [-0.2, -0.15) is 0 Å². The molecule has 1 nitrogen and oxygen atoms in total.